The molecule has 1 aliphatic heterocycles. The van der Waals surface area contributed by atoms with Gasteiger partial charge in [-0.15, -0.1) is 0 Å². The topological polar surface area (TPSA) is 44.9 Å². The van der Waals surface area contributed by atoms with Crippen LogP contribution in [0.5, 0.6) is 0 Å². The van der Waals surface area contributed by atoms with Crippen molar-refractivity contribution in [1.82, 2.24) is 9.80 Å². The second-order valence-electron chi connectivity index (χ2n) is 5.93. The Balaban J connectivity index is 1.98. The molecule has 0 aromatic carbocycles. The van der Waals surface area contributed by atoms with Crippen LogP contribution >= 0.6 is 0 Å². The molecule has 2 aliphatic rings. The Hall–Kier alpha value is -0.770. The number of nitrogens with two attached hydrogens (primary N) is 1. The number of aliphatic imine (C=N–C) groups is 1. The number of nitrogens with zero attached hydrogens (tertiary/aromatic N) is 3. The van der Waals surface area contributed by atoms with Gasteiger partial charge in [0.05, 0.1) is 12.1 Å². The van der Waals surface area contributed by atoms with Crippen LogP contribution in [0, 0.1) is 5.92 Å². The van der Waals surface area contributed by atoms with Crippen LogP contribution < -0.4 is 5.73 Å². The zero-order chi connectivity index (χ0) is 13.2. The lowest BCUT2D eigenvalue weighted by Crippen LogP contribution is -2.52. The summed E-state index contributed by atoms with van der Waals surface area (Å²) in [7, 11) is 0. The summed E-state index contributed by atoms with van der Waals surface area (Å²) in [5, 5.41) is 0. The van der Waals surface area contributed by atoms with E-state index in [9.17, 15) is 0 Å². The molecule has 0 bridgehead atoms. The Morgan fingerprint density at radius 1 is 1.44 bits per heavy atom. The van der Waals surface area contributed by atoms with Crippen LogP contribution in [0.2, 0.25) is 0 Å². The lowest BCUT2D eigenvalue weighted by molar-refractivity contribution is 0.173. The lowest BCUT2D eigenvalue weighted by atomic mass is 9.95. The van der Waals surface area contributed by atoms with Crippen LogP contribution in [0.3, 0.4) is 0 Å². The summed E-state index contributed by atoms with van der Waals surface area (Å²) in [5.41, 5.74) is 6.37. The molecule has 1 spiro atoms. The van der Waals surface area contributed by atoms with E-state index in [-0.39, 0.29) is 5.54 Å². The maximum absolute atomic E-state index is 6.11. The lowest BCUT2D eigenvalue weighted by Gasteiger charge is -2.37. The van der Waals surface area contributed by atoms with Crippen LogP contribution in [0.15, 0.2) is 4.99 Å². The third-order valence-corrected chi connectivity index (χ3v) is 4.75. The van der Waals surface area contributed by atoms with Crippen molar-refractivity contribution in [3.05, 3.63) is 0 Å². The molecule has 2 atom stereocenters. The summed E-state index contributed by atoms with van der Waals surface area (Å²) >= 11 is 0. The van der Waals surface area contributed by atoms with Crippen LogP contribution in [0.4, 0.5) is 0 Å². The zero-order valence-electron chi connectivity index (χ0n) is 12.2. The standard InChI is InChI=1S/C14H28N4/c1-4-17(5-2)8-9-18-13(15)16-11-14(18)7-6-12(3)10-14/h12H,4-11H2,1-3H3,(H2,15,16). The molecule has 0 aromatic heterocycles. The Kier molecular flexibility index (Phi) is 4.15. The molecule has 18 heavy (non-hydrogen) atoms. The van der Waals surface area contributed by atoms with Gasteiger partial charge in [0, 0.05) is 13.1 Å². The second kappa shape index (κ2) is 5.47. The van der Waals surface area contributed by atoms with Gasteiger partial charge in [-0.2, -0.15) is 0 Å². The van der Waals surface area contributed by atoms with Gasteiger partial charge in [-0.05, 0) is 38.3 Å². The Bertz CT molecular complexity index is 311. The predicted octanol–water partition coefficient (Wildman–Crippen LogP) is 1.52. The highest BCUT2D eigenvalue weighted by Gasteiger charge is 2.46. The molecule has 104 valence electrons. The van der Waals surface area contributed by atoms with E-state index in [0.29, 0.717) is 0 Å². The maximum atomic E-state index is 6.11. The zero-order valence-corrected chi connectivity index (χ0v) is 12.2. The Labute approximate surface area is 111 Å². The average molecular weight is 252 g/mol. The monoisotopic (exact) mass is 252 g/mol. The van der Waals surface area contributed by atoms with Crippen LogP contribution in [0.25, 0.3) is 0 Å². The minimum Gasteiger partial charge on any atom is -0.370 e. The van der Waals surface area contributed by atoms with Crippen molar-refractivity contribution in [3.63, 3.8) is 0 Å². The molecule has 0 radical (unpaired) electrons. The van der Waals surface area contributed by atoms with Crippen molar-refractivity contribution in [1.29, 1.82) is 0 Å². The van der Waals surface area contributed by atoms with E-state index >= 15 is 0 Å². The molecule has 0 amide bonds. The molecule has 0 aromatic rings. The third kappa shape index (κ3) is 2.48. The number of hydrogen-bond acceptors (Lipinski definition) is 4. The molecular weight excluding hydrogens is 224 g/mol. The molecule has 4 nitrogen and oxygen atoms in total. The molecule has 2 N–H and O–H groups in total. The number of hydrogen-bond donors (Lipinski definition) is 1. The maximum Gasteiger partial charge on any atom is 0.191 e. The fourth-order valence-electron chi connectivity index (χ4n) is 3.53. The summed E-state index contributed by atoms with van der Waals surface area (Å²) < 4.78 is 0. The third-order valence-electron chi connectivity index (χ3n) is 4.75. The van der Waals surface area contributed by atoms with Gasteiger partial charge in [-0.1, -0.05) is 20.8 Å². The van der Waals surface area contributed by atoms with Crippen LogP contribution in [-0.2, 0) is 0 Å². The van der Waals surface area contributed by atoms with E-state index < -0.39 is 0 Å². The first-order valence-electron chi connectivity index (χ1n) is 7.41. The number of likely N-dealkylation sites (N-methyl/N-ethyl adjacent to an activating group) is 1. The highest BCUT2D eigenvalue weighted by molar-refractivity contribution is 5.81. The van der Waals surface area contributed by atoms with E-state index in [0.717, 1.165) is 44.6 Å². The molecule has 1 saturated carbocycles. The SMILES string of the molecule is CCN(CC)CCN1C(N)=NCC12CCC(C)C2. The van der Waals surface area contributed by atoms with Gasteiger partial charge < -0.3 is 15.5 Å². The molecule has 1 aliphatic carbocycles. The van der Waals surface area contributed by atoms with E-state index in [1.54, 1.807) is 0 Å². The van der Waals surface area contributed by atoms with Crippen molar-refractivity contribution in [2.75, 3.05) is 32.7 Å². The minimum atomic E-state index is 0.261. The summed E-state index contributed by atoms with van der Waals surface area (Å²) in [6, 6.07) is 0. The average Bonchev–Trinajstić information content (AvgIpc) is 2.88. The smallest absolute Gasteiger partial charge is 0.191 e. The van der Waals surface area contributed by atoms with Gasteiger partial charge in [-0.25, -0.2) is 0 Å². The van der Waals surface area contributed by atoms with Gasteiger partial charge >= 0.3 is 0 Å². The van der Waals surface area contributed by atoms with Crippen LogP contribution in [0.1, 0.15) is 40.0 Å². The van der Waals surface area contributed by atoms with E-state index in [1.165, 1.54) is 19.3 Å². The van der Waals surface area contributed by atoms with Gasteiger partial charge in [0.25, 0.3) is 0 Å². The van der Waals surface area contributed by atoms with Crippen LogP contribution in [-0.4, -0.2) is 54.0 Å². The summed E-state index contributed by atoms with van der Waals surface area (Å²) in [6.45, 7) is 12.1. The van der Waals surface area contributed by atoms with E-state index in [2.05, 4.69) is 35.6 Å². The summed E-state index contributed by atoms with van der Waals surface area (Å²) in [5.74, 6) is 1.60. The van der Waals surface area contributed by atoms with Crippen molar-refractivity contribution in [3.8, 4) is 0 Å². The van der Waals surface area contributed by atoms with Crippen molar-refractivity contribution < 1.29 is 0 Å². The molecule has 1 fully saturated rings. The van der Waals surface area contributed by atoms with Gasteiger partial charge in [0.2, 0.25) is 0 Å². The fourth-order valence-corrected chi connectivity index (χ4v) is 3.53. The van der Waals surface area contributed by atoms with Gasteiger partial charge in [0.15, 0.2) is 5.96 Å². The molecule has 2 unspecified atom stereocenters. The van der Waals surface area contributed by atoms with Crippen molar-refractivity contribution in [2.24, 2.45) is 16.6 Å². The highest BCUT2D eigenvalue weighted by atomic mass is 15.4. The molecule has 1 heterocycles. The molecule has 2 rings (SSSR count). The van der Waals surface area contributed by atoms with Crippen molar-refractivity contribution in [2.45, 2.75) is 45.6 Å². The first-order valence-corrected chi connectivity index (χ1v) is 7.41. The number of guanidine groups is 1. The molecular formula is C14H28N4. The first kappa shape index (κ1) is 13.7. The summed E-state index contributed by atoms with van der Waals surface area (Å²) in [6.07, 6.45) is 3.84. The van der Waals surface area contributed by atoms with Crippen molar-refractivity contribution >= 4 is 5.96 Å². The Morgan fingerprint density at radius 3 is 2.72 bits per heavy atom. The molecule has 4 heteroatoms. The quantitative estimate of drug-likeness (QED) is 0.807. The normalized spacial score (nSPS) is 31.7. The molecule has 0 saturated heterocycles. The minimum absolute atomic E-state index is 0.261. The van der Waals surface area contributed by atoms with E-state index in [4.69, 9.17) is 5.73 Å². The first-order chi connectivity index (χ1) is 8.61. The van der Waals surface area contributed by atoms with Gasteiger partial charge in [-0.3, -0.25) is 4.99 Å². The largest absolute Gasteiger partial charge is 0.370 e. The fraction of sp³-hybridized carbons (Fsp3) is 0.929. The summed E-state index contributed by atoms with van der Waals surface area (Å²) in [4.78, 5) is 9.37. The van der Waals surface area contributed by atoms with Gasteiger partial charge in [0.1, 0.15) is 0 Å². The van der Waals surface area contributed by atoms with E-state index in [1.807, 2.05) is 0 Å². The second-order valence-corrected chi connectivity index (χ2v) is 5.93. The predicted molar refractivity (Wildman–Crippen MR) is 76.7 cm³/mol. The highest BCUT2D eigenvalue weighted by Crippen LogP contribution is 2.41. The number of rotatable bonds is 5. The Morgan fingerprint density at radius 2 is 2.17 bits per heavy atom.